The van der Waals surface area contributed by atoms with Gasteiger partial charge in [0.25, 0.3) is 0 Å². The molecule has 0 aromatic heterocycles. The van der Waals surface area contributed by atoms with E-state index in [-0.39, 0.29) is 31.1 Å². The van der Waals surface area contributed by atoms with E-state index in [9.17, 15) is 14.4 Å². The van der Waals surface area contributed by atoms with E-state index in [4.69, 9.17) is 14.2 Å². The molecule has 0 aromatic rings. The van der Waals surface area contributed by atoms with Crippen molar-refractivity contribution in [3.05, 3.63) is 12.2 Å². The summed E-state index contributed by atoms with van der Waals surface area (Å²) in [5.74, 6) is -0.834. The lowest BCUT2D eigenvalue weighted by molar-refractivity contribution is -0.167. The maximum Gasteiger partial charge on any atom is 0.306 e. The standard InChI is InChI=1S/C70H134O6/c1-4-7-10-13-16-19-21-23-25-27-28-29-30-31-32-33-34-35-36-37-38-39-40-41-42-43-45-46-48-51-54-57-60-63-69(72)75-66-67(65-74-68(71)62-59-56-53-50-18-15-12-9-6-3)76-70(73)64-61-58-55-52-49-47-44-26-24-22-20-17-14-11-8-5-2/h27-28,67H,4-26,29-66H2,1-3H3/b28-27-. The van der Waals surface area contributed by atoms with Crippen LogP contribution in [0.2, 0.25) is 0 Å². The molecule has 6 heteroatoms. The predicted molar refractivity (Wildman–Crippen MR) is 330 cm³/mol. The smallest absolute Gasteiger partial charge is 0.306 e. The lowest BCUT2D eigenvalue weighted by Crippen LogP contribution is -2.30. The quantitative estimate of drug-likeness (QED) is 0.0261. The second-order valence-corrected chi connectivity index (χ2v) is 23.8. The van der Waals surface area contributed by atoms with Gasteiger partial charge in [0.1, 0.15) is 13.2 Å². The van der Waals surface area contributed by atoms with Crippen molar-refractivity contribution in [1.29, 1.82) is 0 Å². The first-order valence-corrected chi connectivity index (χ1v) is 34.7. The molecule has 0 aromatic carbocycles. The highest BCUT2D eigenvalue weighted by Gasteiger charge is 2.19. The van der Waals surface area contributed by atoms with Gasteiger partial charge in [-0.25, -0.2) is 0 Å². The molecule has 0 saturated carbocycles. The molecule has 450 valence electrons. The third-order valence-electron chi connectivity index (χ3n) is 16.0. The van der Waals surface area contributed by atoms with Crippen molar-refractivity contribution < 1.29 is 28.6 Å². The summed E-state index contributed by atoms with van der Waals surface area (Å²) in [5.41, 5.74) is 0. The number of hydrogen-bond donors (Lipinski definition) is 0. The van der Waals surface area contributed by atoms with Gasteiger partial charge in [-0.1, -0.05) is 348 Å². The van der Waals surface area contributed by atoms with E-state index in [1.165, 1.54) is 302 Å². The minimum absolute atomic E-state index is 0.0623. The number of hydrogen-bond acceptors (Lipinski definition) is 6. The highest BCUT2D eigenvalue weighted by atomic mass is 16.6. The third-order valence-corrected chi connectivity index (χ3v) is 16.0. The fourth-order valence-corrected chi connectivity index (χ4v) is 10.8. The molecule has 0 bridgehead atoms. The molecule has 0 aliphatic heterocycles. The lowest BCUT2D eigenvalue weighted by Gasteiger charge is -2.18. The zero-order valence-electron chi connectivity index (χ0n) is 51.8. The molecular weight excluding hydrogens is 937 g/mol. The molecule has 0 N–H and O–H groups in total. The van der Waals surface area contributed by atoms with Crippen molar-refractivity contribution in [1.82, 2.24) is 0 Å². The van der Waals surface area contributed by atoms with Crippen molar-refractivity contribution in [3.8, 4) is 0 Å². The van der Waals surface area contributed by atoms with E-state index in [0.29, 0.717) is 19.3 Å². The minimum atomic E-state index is -0.763. The fourth-order valence-electron chi connectivity index (χ4n) is 10.8. The zero-order chi connectivity index (χ0) is 55.0. The number of unbranched alkanes of at least 4 members (excludes halogenated alkanes) is 52. The predicted octanol–water partition coefficient (Wildman–Crippen LogP) is 23.6. The zero-order valence-corrected chi connectivity index (χ0v) is 51.8. The van der Waals surface area contributed by atoms with Crippen LogP contribution in [0.4, 0.5) is 0 Å². The normalized spacial score (nSPS) is 12.0. The number of esters is 3. The van der Waals surface area contributed by atoms with Crippen molar-refractivity contribution in [2.75, 3.05) is 13.2 Å². The van der Waals surface area contributed by atoms with Crippen LogP contribution in [0.25, 0.3) is 0 Å². The summed E-state index contributed by atoms with van der Waals surface area (Å²) < 4.78 is 16.9. The molecule has 0 spiro atoms. The highest BCUT2D eigenvalue weighted by molar-refractivity contribution is 5.71. The van der Waals surface area contributed by atoms with E-state index in [2.05, 4.69) is 32.9 Å². The number of carbonyl (C=O) groups is 3. The molecule has 0 saturated heterocycles. The summed E-state index contributed by atoms with van der Waals surface area (Å²) in [4.78, 5) is 38.2. The number of allylic oxidation sites excluding steroid dienone is 2. The average molecular weight is 1070 g/mol. The average Bonchev–Trinajstić information content (AvgIpc) is 3.42. The largest absolute Gasteiger partial charge is 0.462 e. The molecule has 0 rings (SSSR count). The maximum absolute atomic E-state index is 12.9. The van der Waals surface area contributed by atoms with Crippen molar-refractivity contribution in [2.45, 2.75) is 406 Å². The second kappa shape index (κ2) is 65.7. The van der Waals surface area contributed by atoms with Crippen LogP contribution in [0.3, 0.4) is 0 Å². The second-order valence-electron chi connectivity index (χ2n) is 23.8. The van der Waals surface area contributed by atoms with Gasteiger partial charge in [-0.05, 0) is 44.9 Å². The molecule has 0 fully saturated rings. The Labute approximate surface area is 475 Å². The van der Waals surface area contributed by atoms with E-state index < -0.39 is 6.10 Å². The highest BCUT2D eigenvalue weighted by Crippen LogP contribution is 2.19. The molecule has 0 radical (unpaired) electrons. The van der Waals surface area contributed by atoms with E-state index >= 15 is 0 Å². The first-order valence-electron chi connectivity index (χ1n) is 34.7. The van der Waals surface area contributed by atoms with Gasteiger partial charge in [0, 0.05) is 19.3 Å². The molecule has 6 nitrogen and oxygen atoms in total. The molecule has 0 amide bonds. The number of ether oxygens (including phenoxy) is 3. The van der Waals surface area contributed by atoms with Gasteiger partial charge in [0.15, 0.2) is 6.10 Å². The van der Waals surface area contributed by atoms with Gasteiger partial charge >= 0.3 is 17.9 Å². The molecule has 1 atom stereocenters. The molecule has 0 aliphatic carbocycles. The van der Waals surface area contributed by atoms with Crippen molar-refractivity contribution in [2.24, 2.45) is 0 Å². The summed E-state index contributed by atoms with van der Waals surface area (Å²) in [5, 5.41) is 0. The summed E-state index contributed by atoms with van der Waals surface area (Å²) >= 11 is 0. The third kappa shape index (κ3) is 63.0. The number of carbonyl (C=O) groups excluding carboxylic acids is 3. The monoisotopic (exact) mass is 1070 g/mol. The Hall–Kier alpha value is -1.85. The van der Waals surface area contributed by atoms with Crippen LogP contribution in [-0.2, 0) is 28.6 Å². The minimum Gasteiger partial charge on any atom is -0.462 e. The summed E-state index contributed by atoms with van der Waals surface area (Å²) in [6.45, 7) is 6.69. The van der Waals surface area contributed by atoms with Crippen LogP contribution in [-0.4, -0.2) is 37.2 Å². The summed E-state index contributed by atoms with van der Waals surface area (Å²) in [6, 6.07) is 0. The van der Waals surface area contributed by atoms with E-state index in [1.807, 2.05) is 0 Å². The maximum atomic E-state index is 12.9. The van der Waals surface area contributed by atoms with Crippen LogP contribution in [0.15, 0.2) is 12.2 Å². The van der Waals surface area contributed by atoms with Crippen molar-refractivity contribution >= 4 is 17.9 Å². The van der Waals surface area contributed by atoms with Gasteiger partial charge in [-0.15, -0.1) is 0 Å². The Balaban J connectivity index is 3.98. The van der Waals surface area contributed by atoms with Gasteiger partial charge in [0.05, 0.1) is 0 Å². The lowest BCUT2D eigenvalue weighted by atomic mass is 10.0. The van der Waals surface area contributed by atoms with Gasteiger partial charge in [-0.2, -0.15) is 0 Å². The SMILES string of the molecule is CCCCCCCCCC/C=C\CCCCCCCCCCCCCCCCCCCCCCCC(=O)OCC(COC(=O)CCCCCCCCCCC)OC(=O)CCCCCCCCCCCCCCCCCC. The molecular formula is C70H134O6. The molecule has 0 heterocycles. The Morgan fingerprint density at radius 1 is 0.250 bits per heavy atom. The van der Waals surface area contributed by atoms with Crippen LogP contribution in [0.5, 0.6) is 0 Å². The molecule has 0 aliphatic rings. The molecule has 76 heavy (non-hydrogen) atoms. The topological polar surface area (TPSA) is 78.9 Å². The Morgan fingerprint density at radius 3 is 0.658 bits per heavy atom. The summed E-state index contributed by atoms with van der Waals surface area (Å²) in [6.07, 6.45) is 78.4. The Bertz CT molecular complexity index is 1180. The van der Waals surface area contributed by atoms with Crippen LogP contribution >= 0.6 is 0 Å². The first kappa shape index (κ1) is 74.2. The van der Waals surface area contributed by atoms with Gasteiger partial charge in [0.2, 0.25) is 0 Å². The van der Waals surface area contributed by atoms with Gasteiger partial charge in [-0.3, -0.25) is 14.4 Å². The van der Waals surface area contributed by atoms with E-state index in [0.717, 1.165) is 57.8 Å². The van der Waals surface area contributed by atoms with Crippen LogP contribution in [0.1, 0.15) is 400 Å². The Morgan fingerprint density at radius 2 is 0.434 bits per heavy atom. The molecule has 1 unspecified atom stereocenters. The first-order chi connectivity index (χ1) is 37.5. The van der Waals surface area contributed by atoms with E-state index in [1.54, 1.807) is 0 Å². The van der Waals surface area contributed by atoms with Gasteiger partial charge < -0.3 is 14.2 Å². The fraction of sp³-hybridized carbons (Fsp3) is 0.929. The summed E-state index contributed by atoms with van der Waals surface area (Å²) in [7, 11) is 0. The van der Waals surface area contributed by atoms with Crippen LogP contribution in [0, 0.1) is 0 Å². The van der Waals surface area contributed by atoms with Crippen LogP contribution < -0.4 is 0 Å². The van der Waals surface area contributed by atoms with Crippen molar-refractivity contribution in [3.63, 3.8) is 0 Å². The Kier molecular flexibility index (Phi) is 64.1. The number of rotatable bonds is 65.